The molecular weight excluding hydrogens is 314 g/mol. The van der Waals surface area contributed by atoms with Crippen LogP contribution in [0.1, 0.15) is 11.7 Å². The number of aliphatic hydroxyl groups is 1. The number of nitrogens with two attached hydrogens (primary N) is 2. The minimum absolute atomic E-state index is 0.256. The van der Waals surface area contributed by atoms with Crippen molar-refractivity contribution in [3.8, 4) is 0 Å². The molecule has 1 aliphatic heterocycles. The number of amides is 1. The molecule has 1 aromatic carbocycles. The van der Waals surface area contributed by atoms with E-state index in [1.165, 1.54) is 12.1 Å². The van der Waals surface area contributed by atoms with Crippen LogP contribution in [0.25, 0.3) is 0 Å². The summed E-state index contributed by atoms with van der Waals surface area (Å²) < 4.78 is 0. The summed E-state index contributed by atoms with van der Waals surface area (Å²) in [4.78, 5) is 20.1. The second-order valence-electron chi connectivity index (χ2n) is 4.36. The Bertz CT molecular complexity index is 734. The van der Waals surface area contributed by atoms with Gasteiger partial charge in [-0.3, -0.25) is 4.79 Å². The molecule has 21 heavy (non-hydrogen) atoms. The predicted molar refractivity (Wildman–Crippen MR) is 80.0 cm³/mol. The van der Waals surface area contributed by atoms with Gasteiger partial charge in [0, 0.05) is 22.2 Å². The molecule has 2 heterocycles. The molecule has 1 aliphatic rings. The van der Waals surface area contributed by atoms with Crippen LogP contribution in [0.4, 0.5) is 17.3 Å². The number of carbonyl (C=O) groups is 1. The van der Waals surface area contributed by atoms with Crippen molar-refractivity contribution in [1.29, 1.82) is 0 Å². The fourth-order valence-electron chi connectivity index (χ4n) is 1.93. The summed E-state index contributed by atoms with van der Waals surface area (Å²) in [6.07, 6.45) is -1.20. The summed E-state index contributed by atoms with van der Waals surface area (Å²) in [5, 5.41) is 13.0. The molecule has 1 atom stereocenters. The number of carbonyl (C=O) groups excluding carboxylic acids is 1. The van der Waals surface area contributed by atoms with E-state index in [1.807, 2.05) is 0 Å². The van der Waals surface area contributed by atoms with Gasteiger partial charge in [0.2, 0.25) is 0 Å². The number of aliphatic hydroxyl groups excluding tert-OH is 1. The van der Waals surface area contributed by atoms with Crippen molar-refractivity contribution in [2.45, 2.75) is 16.2 Å². The number of nitrogens with zero attached hydrogens (tertiary/aromatic N) is 2. The zero-order valence-corrected chi connectivity index (χ0v) is 12.1. The highest BCUT2D eigenvalue weighted by molar-refractivity contribution is 7.99. The van der Waals surface area contributed by atoms with E-state index >= 15 is 0 Å². The lowest BCUT2D eigenvalue weighted by atomic mass is 10.1. The molecule has 1 amide bonds. The van der Waals surface area contributed by atoms with Crippen molar-refractivity contribution in [2.75, 3.05) is 16.8 Å². The molecule has 3 rings (SSSR count). The molecule has 0 spiro atoms. The van der Waals surface area contributed by atoms with Gasteiger partial charge in [0.25, 0.3) is 5.91 Å². The first kappa shape index (κ1) is 13.9. The lowest BCUT2D eigenvalue weighted by Gasteiger charge is -2.08. The largest absolute Gasteiger partial charge is 0.383 e. The van der Waals surface area contributed by atoms with E-state index in [9.17, 15) is 9.90 Å². The Morgan fingerprint density at radius 3 is 2.57 bits per heavy atom. The number of halogens is 1. The van der Waals surface area contributed by atoms with Gasteiger partial charge in [-0.1, -0.05) is 11.6 Å². The van der Waals surface area contributed by atoms with E-state index in [0.29, 0.717) is 26.3 Å². The summed E-state index contributed by atoms with van der Waals surface area (Å²) >= 11 is 7.33. The van der Waals surface area contributed by atoms with E-state index < -0.39 is 12.0 Å². The van der Waals surface area contributed by atoms with E-state index in [4.69, 9.17) is 23.1 Å². The number of aromatic nitrogens is 2. The smallest absolute Gasteiger partial charge is 0.257 e. The normalized spacial score (nSPS) is 16.7. The highest BCUT2D eigenvalue weighted by Gasteiger charge is 2.29. The molecule has 9 heteroatoms. The zero-order valence-electron chi connectivity index (χ0n) is 10.5. The molecule has 7 nitrogen and oxygen atoms in total. The van der Waals surface area contributed by atoms with Crippen LogP contribution in [-0.2, 0) is 4.79 Å². The molecule has 0 radical (unpaired) electrons. The van der Waals surface area contributed by atoms with Crippen molar-refractivity contribution in [3.63, 3.8) is 0 Å². The Morgan fingerprint density at radius 1 is 1.24 bits per heavy atom. The molecule has 0 fully saturated rings. The highest BCUT2D eigenvalue weighted by Crippen LogP contribution is 2.40. The average molecular weight is 324 g/mol. The number of nitrogens with one attached hydrogen (secondary N) is 1. The molecule has 1 unspecified atom stereocenters. The van der Waals surface area contributed by atoms with Gasteiger partial charge >= 0.3 is 0 Å². The van der Waals surface area contributed by atoms with Gasteiger partial charge < -0.3 is 21.9 Å². The number of nitrogen functional groups attached to an aromatic ring is 2. The number of rotatable bonds is 2. The molecule has 0 aliphatic carbocycles. The van der Waals surface area contributed by atoms with Crippen molar-refractivity contribution in [2.24, 2.45) is 0 Å². The van der Waals surface area contributed by atoms with Crippen LogP contribution in [0.2, 0.25) is 5.02 Å². The van der Waals surface area contributed by atoms with Gasteiger partial charge in [-0.15, -0.1) is 0 Å². The van der Waals surface area contributed by atoms with E-state index in [-0.39, 0.29) is 11.6 Å². The van der Waals surface area contributed by atoms with Crippen LogP contribution in [0.5, 0.6) is 0 Å². The van der Waals surface area contributed by atoms with Crippen LogP contribution in [0.15, 0.2) is 28.3 Å². The molecule has 6 N–H and O–H groups in total. The highest BCUT2D eigenvalue weighted by atomic mass is 35.5. The van der Waals surface area contributed by atoms with Crippen LogP contribution >= 0.6 is 23.4 Å². The third-order valence-electron chi connectivity index (χ3n) is 2.85. The Labute approximate surface area is 128 Å². The summed E-state index contributed by atoms with van der Waals surface area (Å²) in [5.41, 5.74) is 12.2. The molecule has 0 saturated carbocycles. The molecule has 0 saturated heterocycles. The fraction of sp³-hybridized carbons (Fsp3) is 0.0833. The van der Waals surface area contributed by atoms with E-state index in [2.05, 4.69) is 15.3 Å². The molecule has 0 bridgehead atoms. The second kappa shape index (κ2) is 5.06. The van der Waals surface area contributed by atoms with Gasteiger partial charge in [0.1, 0.15) is 11.6 Å². The van der Waals surface area contributed by atoms with Crippen molar-refractivity contribution >= 4 is 46.6 Å². The first-order valence-electron chi connectivity index (χ1n) is 5.84. The quantitative estimate of drug-likeness (QED) is 0.615. The standard InChI is InChI=1S/C12H10ClN5O2S/c13-5-1-4-6(16-11(20)10(4)19)2-7(5)21-12-17-8(14)3-9(15)18-12/h1-3,10,19H,(H,16,20)(H4,14,15,17,18). The summed E-state index contributed by atoms with van der Waals surface area (Å²) in [5.74, 6) is 0.0321. The fourth-order valence-corrected chi connectivity index (χ4v) is 3.05. The lowest BCUT2D eigenvalue weighted by molar-refractivity contribution is -0.123. The Kier molecular flexibility index (Phi) is 3.36. The van der Waals surface area contributed by atoms with Crippen molar-refractivity contribution in [3.05, 3.63) is 28.8 Å². The van der Waals surface area contributed by atoms with Gasteiger partial charge in [-0.05, 0) is 23.9 Å². The maximum atomic E-state index is 11.4. The first-order valence-corrected chi connectivity index (χ1v) is 7.04. The van der Waals surface area contributed by atoms with Gasteiger partial charge in [-0.2, -0.15) is 0 Å². The Hall–Kier alpha value is -2.03. The van der Waals surface area contributed by atoms with Gasteiger partial charge in [-0.25, -0.2) is 9.97 Å². The average Bonchev–Trinajstić information content (AvgIpc) is 2.65. The Balaban J connectivity index is 1.97. The third kappa shape index (κ3) is 2.60. The molecular formula is C12H10ClN5O2S. The minimum atomic E-state index is -1.20. The summed E-state index contributed by atoms with van der Waals surface area (Å²) in [7, 11) is 0. The Morgan fingerprint density at radius 2 is 1.90 bits per heavy atom. The summed E-state index contributed by atoms with van der Waals surface area (Å²) in [6, 6.07) is 4.64. The number of hydrogen-bond donors (Lipinski definition) is 4. The summed E-state index contributed by atoms with van der Waals surface area (Å²) in [6.45, 7) is 0. The van der Waals surface area contributed by atoms with E-state index in [1.54, 1.807) is 6.07 Å². The first-order chi connectivity index (χ1) is 9.94. The zero-order chi connectivity index (χ0) is 15.1. The number of hydrogen-bond acceptors (Lipinski definition) is 7. The lowest BCUT2D eigenvalue weighted by Crippen LogP contribution is -2.10. The van der Waals surface area contributed by atoms with Crippen molar-refractivity contribution in [1.82, 2.24) is 9.97 Å². The van der Waals surface area contributed by atoms with Crippen LogP contribution < -0.4 is 16.8 Å². The molecule has 108 valence electrons. The SMILES string of the molecule is Nc1cc(N)nc(Sc2cc3c(cc2Cl)C(O)C(=O)N3)n1. The molecule has 2 aromatic rings. The van der Waals surface area contributed by atoms with Crippen LogP contribution in [0, 0.1) is 0 Å². The van der Waals surface area contributed by atoms with Crippen LogP contribution in [-0.4, -0.2) is 21.0 Å². The van der Waals surface area contributed by atoms with Gasteiger partial charge in [0.15, 0.2) is 11.3 Å². The van der Waals surface area contributed by atoms with Crippen LogP contribution in [0.3, 0.4) is 0 Å². The van der Waals surface area contributed by atoms with E-state index in [0.717, 1.165) is 11.8 Å². The third-order valence-corrected chi connectivity index (χ3v) is 4.20. The van der Waals surface area contributed by atoms with Crippen molar-refractivity contribution < 1.29 is 9.90 Å². The number of anilines is 3. The number of benzene rings is 1. The topological polar surface area (TPSA) is 127 Å². The number of fused-ring (bicyclic) bond motifs is 1. The minimum Gasteiger partial charge on any atom is -0.383 e. The predicted octanol–water partition coefficient (Wildman–Crippen LogP) is 1.43. The van der Waals surface area contributed by atoms with Gasteiger partial charge in [0.05, 0.1) is 5.02 Å². The second-order valence-corrected chi connectivity index (χ2v) is 5.78. The maximum Gasteiger partial charge on any atom is 0.257 e. The maximum absolute atomic E-state index is 11.4. The monoisotopic (exact) mass is 323 g/mol. The molecule has 1 aromatic heterocycles.